The van der Waals surface area contributed by atoms with Gasteiger partial charge in [0.25, 0.3) is 6.47 Å². The molecule has 1 saturated heterocycles. The zero-order chi connectivity index (χ0) is 22.7. The molecule has 6 nitrogen and oxygen atoms in total. The van der Waals surface area contributed by atoms with Gasteiger partial charge in [0.05, 0.1) is 18.4 Å². The molecule has 2 rings (SSSR count). The molecule has 168 valence electrons. The van der Waals surface area contributed by atoms with Crippen molar-refractivity contribution in [2.24, 2.45) is 0 Å². The van der Waals surface area contributed by atoms with Crippen molar-refractivity contribution < 1.29 is 24.1 Å². The number of hydrogen-bond acceptors (Lipinski definition) is 6. The van der Waals surface area contributed by atoms with Crippen LogP contribution in [0, 0.1) is 6.92 Å². The average molecular weight is 415 g/mol. The lowest BCUT2D eigenvalue weighted by Gasteiger charge is -2.34. The van der Waals surface area contributed by atoms with E-state index in [2.05, 4.69) is 14.6 Å². The number of carbonyl (C=O) groups excluding carboxylic acids is 1. The Morgan fingerprint density at radius 3 is 2.28 bits per heavy atom. The van der Waals surface area contributed by atoms with Gasteiger partial charge in [-0.3, -0.25) is 9.78 Å². The van der Waals surface area contributed by atoms with Crippen molar-refractivity contribution in [3.8, 4) is 0 Å². The number of pyridine rings is 1. The molecule has 29 heavy (non-hydrogen) atoms. The van der Waals surface area contributed by atoms with Crippen LogP contribution in [-0.2, 0) is 21.6 Å². The van der Waals surface area contributed by atoms with Crippen molar-refractivity contribution in [1.29, 1.82) is 0 Å². The fourth-order valence-corrected chi connectivity index (χ4v) is 2.90. The highest BCUT2D eigenvalue weighted by Crippen LogP contribution is 2.37. The van der Waals surface area contributed by atoms with E-state index in [1.807, 2.05) is 54.7 Å². The maximum atomic E-state index is 15.0. The third kappa shape index (κ3) is 10.1. The van der Waals surface area contributed by atoms with E-state index in [4.69, 9.17) is 5.11 Å². The molecule has 1 aliphatic rings. The summed E-state index contributed by atoms with van der Waals surface area (Å²) >= 11 is 0. The number of rotatable bonds is 5. The number of ether oxygens (including phenoxy) is 1. The number of hydrogen-bond donors (Lipinski definition) is 2. The highest BCUT2D eigenvalue weighted by molar-refractivity contribution is 5.37. The van der Waals surface area contributed by atoms with Gasteiger partial charge in [-0.1, -0.05) is 19.9 Å². The first-order chi connectivity index (χ1) is 13.5. The van der Waals surface area contributed by atoms with Crippen molar-refractivity contribution in [1.82, 2.24) is 9.88 Å². The molecule has 0 radical (unpaired) electrons. The molecule has 1 aromatic rings. The Hall–Kier alpha value is -1.57. The number of carbonyl (C=O) groups is 1. The molecular weight excluding hydrogens is 375 g/mol. The summed E-state index contributed by atoms with van der Waals surface area (Å²) in [6.45, 7) is 13.0. The molecule has 0 amide bonds. The topological polar surface area (TPSA) is 82.9 Å². The van der Waals surface area contributed by atoms with E-state index >= 15 is 4.39 Å². The smallest absolute Gasteiger partial charge is 0.293 e. The van der Waals surface area contributed by atoms with Crippen LogP contribution in [0.5, 0.6) is 0 Å². The van der Waals surface area contributed by atoms with Crippen molar-refractivity contribution in [2.45, 2.75) is 78.2 Å². The molecule has 7 heteroatoms. The Bertz CT molecular complexity index is 597. The van der Waals surface area contributed by atoms with Gasteiger partial charge in [0, 0.05) is 25.7 Å². The molecule has 0 aliphatic carbocycles. The van der Waals surface area contributed by atoms with Crippen LogP contribution >= 0.6 is 0 Å². The Kier molecular flexibility index (Phi) is 12.2. The Labute approximate surface area is 175 Å². The molecule has 0 spiro atoms. The SMILES string of the molecule is CC.CC(C)(C)OC=O.Cc1cc(C[C@@H](O)CO)cnc1C1(F)CCN(C)CC1. The molecule has 0 saturated carbocycles. The molecule has 0 unspecified atom stereocenters. The van der Waals surface area contributed by atoms with Crippen molar-refractivity contribution >= 4 is 6.47 Å². The predicted molar refractivity (Wildman–Crippen MR) is 114 cm³/mol. The number of aromatic nitrogens is 1. The van der Waals surface area contributed by atoms with E-state index in [1.54, 1.807) is 6.20 Å². The van der Waals surface area contributed by atoms with Crippen LogP contribution in [0.15, 0.2) is 12.3 Å². The molecular formula is C22H39FN2O4. The maximum Gasteiger partial charge on any atom is 0.293 e. The lowest BCUT2D eigenvalue weighted by Crippen LogP contribution is -2.39. The first kappa shape index (κ1) is 27.4. The second-order valence-corrected chi connectivity index (χ2v) is 8.14. The van der Waals surface area contributed by atoms with Gasteiger partial charge in [0.2, 0.25) is 0 Å². The standard InChI is InChI=1S/C15H23FN2O2.C5H10O2.C2H6/c1-11-7-12(8-13(20)10-19)9-17-14(11)15(16)3-5-18(2)6-4-15;1-5(2,3)7-4-6;1-2/h7,9,13,19-20H,3-6,8,10H2,1-2H3;4H,1-3H3;1-2H3/t13-;;/m1../s1. The van der Waals surface area contributed by atoms with Gasteiger partial charge in [0.15, 0.2) is 5.67 Å². The number of nitrogens with zero attached hydrogens (tertiary/aromatic N) is 2. The van der Waals surface area contributed by atoms with Gasteiger partial charge in [-0.25, -0.2) is 4.39 Å². The predicted octanol–water partition coefficient (Wildman–Crippen LogP) is 3.16. The third-order valence-electron chi connectivity index (χ3n) is 4.42. The number of piperidine rings is 1. The average Bonchev–Trinajstić information content (AvgIpc) is 2.65. The van der Waals surface area contributed by atoms with Crippen LogP contribution in [-0.4, -0.2) is 65.0 Å². The third-order valence-corrected chi connectivity index (χ3v) is 4.42. The Balaban J connectivity index is 0.000000740. The lowest BCUT2D eigenvalue weighted by atomic mass is 9.87. The van der Waals surface area contributed by atoms with Gasteiger partial charge in [-0.05, 0) is 58.7 Å². The first-order valence-corrected chi connectivity index (χ1v) is 10.2. The van der Waals surface area contributed by atoms with Gasteiger partial charge in [-0.2, -0.15) is 0 Å². The Morgan fingerprint density at radius 2 is 1.90 bits per heavy atom. The summed E-state index contributed by atoms with van der Waals surface area (Å²) in [7, 11) is 2.00. The Morgan fingerprint density at radius 1 is 1.34 bits per heavy atom. The van der Waals surface area contributed by atoms with Crippen LogP contribution in [0.2, 0.25) is 0 Å². The highest BCUT2D eigenvalue weighted by Gasteiger charge is 2.37. The highest BCUT2D eigenvalue weighted by atomic mass is 19.1. The molecule has 0 aromatic carbocycles. The number of aliphatic hydroxyl groups excluding tert-OH is 2. The molecule has 1 aliphatic heterocycles. The van der Waals surface area contributed by atoms with Crippen LogP contribution in [0.3, 0.4) is 0 Å². The van der Waals surface area contributed by atoms with Crippen molar-refractivity contribution in [3.63, 3.8) is 0 Å². The fourth-order valence-electron chi connectivity index (χ4n) is 2.90. The molecule has 2 heterocycles. The zero-order valence-corrected chi connectivity index (χ0v) is 19.0. The number of halogens is 1. The number of aliphatic hydroxyl groups is 2. The van der Waals surface area contributed by atoms with Crippen LogP contribution in [0.25, 0.3) is 0 Å². The van der Waals surface area contributed by atoms with Crippen molar-refractivity contribution in [3.05, 3.63) is 29.1 Å². The number of likely N-dealkylation sites (tertiary alicyclic amines) is 1. The molecule has 1 atom stereocenters. The van der Waals surface area contributed by atoms with Gasteiger partial charge >= 0.3 is 0 Å². The van der Waals surface area contributed by atoms with E-state index in [0.29, 0.717) is 31.4 Å². The lowest BCUT2D eigenvalue weighted by molar-refractivity contribution is -0.138. The summed E-state index contributed by atoms with van der Waals surface area (Å²) in [5, 5.41) is 18.3. The summed E-state index contributed by atoms with van der Waals surface area (Å²) in [5.74, 6) is 0. The van der Waals surface area contributed by atoms with Crippen LogP contribution < -0.4 is 0 Å². The minimum absolute atomic E-state index is 0.278. The van der Waals surface area contributed by atoms with E-state index in [-0.39, 0.29) is 12.2 Å². The minimum Gasteiger partial charge on any atom is -0.462 e. The summed E-state index contributed by atoms with van der Waals surface area (Å²) in [4.78, 5) is 16.0. The van der Waals surface area contributed by atoms with Gasteiger partial charge in [0.1, 0.15) is 5.60 Å². The van der Waals surface area contributed by atoms with E-state index in [0.717, 1.165) is 24.2 Å². The largest absolute Gasteiger partial charge is 0.462 e. The molecule has 1 aromatic heterocycles. The zero-order valence-electron chi connectivity index (χ0n) is 19.0. The van der Waals surface area contributed by atoms with Gasteiger partial charge in [-0.15, -0.1) is 0 Å². The monoisotopic (exact) mass is 414 g/mol. The van der Waals surface area contributed by atoms with E-state index in [1.165, 1.54) is 0 Å². The molecule has 0 bridgehead atoms. The second-order valence-electron chi connectivity index (χ2n) is 8.14. The molecule has 1 fully saturated rings. The summed E-state index contributed by atoms with van der Waals surface area (Å²) in [6.07, 6.45) is 2.10. The van der Waals surface area contributed by atoms with Crippen LogP contribution in [0.1, 0.15) is 64.3 Å². The van der Waals surface area contributed by atoms with Crippen molar-refractivity contribution in [2.75, 3.05) is 26.7 Å². The first-order valence-electron chi connectivity index (χ1n) is 10.2. The van der Waals surface area contributed by atoms with E-state index < -0.39 is 11.8 Å². The van der Waals surface area contributed by atoms with Gasteiger partial charge < -0.3 is 19.8 Å². The number of alkyl halides is 1. The quantitative estimate of drug-likeness (QED) is 0.720. The normalized spacial score (nSPS) is 17.2. The fraction of sp³-hybridized carbons (Fsp3) is 0.727. The molecule has 2 N–H and O–H groups in total. The summed E-state index contributed by atoms with van der Waals surface area (Å²) < 4.78 is 19.6. The summed E-state index contributed by atoms with van der Waals surface area (Å²) in [6, 6.07) is 1.86. The number of aryl methyl sites for hydroxylation is 1. The van der Waals surface area contributed by atoms with Crippen LogP contribution in [0.4, 0.5) is 4.39 Å². The maximum absolute atomic E-state index is 15.0. The summed E-state index contributed by atoms with van der Waals surface area (Å²) in [5.41, 5.74) is 0.504. The second kappa shape index (κ2) is 12.9. The van der Waals surface area contributed by atoms with E-state index in [9.17, 15) is 9.90 Å². The minimum atomic E-state index is -1.34.